The number of carboxylic acid groups (broad SMARTS) is 2. The lowest BCUT2D eigenvalue weighted by atomic mass is 10.0. The van der Waals surface area contributed by atoms with Crippen LogP contribution >= 0.6 is 12.6 Å². The first kappa shape index (κ1) is 30.1. The molecule has 33 heavy (non-hydrogen) atoms. The zero-order valence-electron chi connectivity index (χ0n) is 18.6. The van der Waals surface area contributed by atoms with Crippen molar-refractivity contribution >= 4 is 48.2 Å². The quantitative estimate of drug-likeness (QED) is 0.111. The normalized spacial score (nSPS) is 14.5. The highest BCUT2D eigenvalue weighted by Gasteiger charge is 2.30. The molecule has 0 rings (SSSR count). The van der Waals surface area contributed by atoms with Crippen molar-refractivity contribution in [2.24, 2.45) is 17.4 Å². The summed E-state index contributed by atoms with van der Waals surface area (Å²) in [6, 6.07) is -5.01. The van der Waals surface area contributed by atoms with Crippen LogP contribution in [0.3, 0.4) is 0 Å². The van der Waals surface area contributed by atoms with Crippen molar-refractivity contribution in [3.63, 3.8) is 0 Å². The Morgan fingerprint density at radius 2 is 1.27 bits per heavy atom. The molecule has 0 fully saturated rings. The monoisotopic (exact) mass is 491 g/mol. The van der Waals surface area contributed by atoms with Gasteiger partial charge in [0.15, 0.2) is 0 Å². The SMILES string of the molecule is CC(C)CC(N)C(=O)NC(CCC(N)=O)C(=O)NC(CCC(=O)O)C(=O)NC(CS)C(=O)O. The van der Waals surface area contributed by atoms with E-state index in [9.17, 15) is 28.8 Å². The molecule has 4 atom stereocenters. The summed E-state index contributed by atoms with van der Waals surface area (Å²) >= 11 is 3.83. The summed E-state index contributed by atoms with van der Waals surface area (Å²) in [4.78, 5) is 71.0. The van der Waals surface area contributed by atoms with E-state index in [0.717, 1.165) is 0 Å². The number of nitrogens with one attached hydrogen (secondary N) is 3. The largest absolute Gasteiger partial charge is 0.481 e. The second kappa shape index (κ2) is 15.1. The van der Waals surface area contributed by atoms with Crippen molar-refractivity contribution in [2.45, 2.75) is 70.1 Å². The third kappa shape index (κ3) is 12.7. The Morgan fingerprint density at radius 1 is 0.818 bits per heavy atom. The van der Waals surface area contributed by atoms with Gasteiger partial charge in [-0.15, -0.1) is 0 Å². The van der Waals surface area contributed by atoms with E-state index < -0.39 is 66.2 Å². The number of thiol groups is 1. The molecule has 0 aromatic rings. The van der Waals surface area contributed by atoms with Crippen LogP contribution in [-0.4, -0.2) is 75.7 Å². The average molecular weight is 492 g/mol. The average Bonchev–Trinajstić information content (AvgIpc) is 2.70. The molecular formula is C19H33N5O8S. The predicted molar refractivity (Wildman–Crippen MR) is 120 cm³/mol. The number of rotatable bonds is 16. The molecule has 0 heterocycles. The van der Waals surface area contributed by atoms with Crippen molar-refractivity contribution in [3.8, 4) is 0 Å². The van der Waals surface area contributed by atoms with Crippen LogP contribution in [0.4, 0.5) is 0 Å². The minimum atomic E-state index is -1.42. The molecule has 188 valence electrons. The van der Waals surface area contributed by atoms with Gasteiger partial charge in [0.05, 0.1) is 6.04 Å². The fourth-order valence-corrected chi connectivity index (χ4v) is 2.96. The van der Waals surface area contributed by atoms with Crippen LogP contribution in [0.25, 0.3) is 0 Å². The zero-order valence-corrected chi connectivity index (χ0v) is 19.5. The minimum Gasteiger partial charge on any atom is -0.481 e. The third-order valence-electron chi connectivity index (χ3n) is 4.45. The van der Waals surface area contributed by atoms with Crippen molar-refractivity contribution in [1.29, 1.82) is 0 Å². The maximum atomic E-state index is 12.8. The van der Waals surface area contributed by atoms with Gasteiger partial charge in [0, 0.05) is 18.6 Å². The van der Waals surface area contributed by atoms with E-state index in [1.807, 2.05) is 13.8 Å². The van der Waals surface area contributed by atoms with E-state index in [1.54, 1.807) is 0 Å². The van der Waals surface area contributed by atoms with Gasteiger partial charge in [-0.3, -0.25) is 24.0 Å². The number of aliphatic carboxylic acids is 2. The van der Waals surface area contributed by atoms with Crippen LogP contribution in [0.5, 0.6) is 0 Å². The van der Waals surface area contributed by atoms with Crippen LogP contribution in [-0.2, 0) is 28.8 Å². The minimum absolute atomic E-state index is 0.0988. The fourth-order valence-electron chi connectivity index (χ4n) is 2.72. The molecule has 0 spiro atoms. The highest BCUT2D eigenvalue weighted by atomic mass is 32.1. The lowest BCUT2D eigenvalue weighted by molar-refractivity contribution is -0.142. The first-order valence-electron chi connectivity index (χ1n) is 10.3. The van der Waals surface area contributed by atoms with Gasteiger partial charge in [-0.2, -0.15) is 12.6 Å². The third-order valence-corrected chi connectivity index (χ3v) is 4.82. The molecule has 4 unspecified atom stereocenters. The number of hydrogen-bond acceptors (Lipinski definition) is 8. The standard InChI is InChI=1S/C19H33N5O8S/c1-9(2)7-10(20)16(28)22-11(3-5-14(21)25)17(29)23-12(4-6-15(26)27)18(30)24-13(8-33)19(31)32/h9-13,33H,3-8,20H2,1-2H3,(H2,21,25)(H,22,28)(H,23,29)(H,24,30)(H,26,27)(H,31,32). The van der Waals surface area contributed by atoms with Gasteiger partial charge in [0.25, 0.3) is 0 Å². The number of carbonyl (C=O) groups excluding carboxylic acids is 4. The Labute approximate surface area is 196 Å². The maximum Gasteiger partial charge on any atom is 0.327 e. The van der Waals surface area contributed by atoms with Gasteiger partial charge in [-0.1, -0.05) is 13.8 Å². The summed E-state index contributed by atoms with van der Waals surface area (Å²) in [5.41, 5.74) is 10.9. The number of carboxylic acids is 2. The number of hydrogen-bond donors (Lipinski definition) is 8. The van der Waals surface area contributed by atoms with Crippen molar-refractivity contribution < 1.29 is 39.0 Å². The Morgan fingerprint density at radius 3 is 1.67 bits per heavy atom. The molecule has 0 aliphatic rings. The van der Waals surface area contributed by atoms with E-state index in [2.05, 4.69) is 28.6 Å². The second-order valence-corrected chi connectivity index (χ2v) is 8.24. The van der Waals surface area contributed by atoms with Crippen LogP contribution in [0.1, 0.15) is 46.0 Å². The molecule has 9 N–H and O–H groups in total. The summed E-state index contributed by atoms with van der Waals surface area (Å²) in [5, 5.41) is 24.9. The Kier molecular flexibility index (Phi) is 13.7. The molecular weight excluding hydrogens is 458 g/mol. The van der Waals surface area contributed by atoms with Gasteiger partial charge in [0.1, 0.15) is 18.1 Å². The highest BCUT2D eigenvalue weighted by Crippen LogP contribution is 2.06. The molecule has 0 aromatic carbocycles. The molecule has 0 aromatic heterocycles. The summed E-state index contributed by atoms with van der Waals surface area (Å²) in [5.74, 6) is -5.97. The van der Waals surface area contributed by atoms with Crippen LogP contribution < -0.4 is 27.4 Å². The maximum absolute atomic E-state index is 12.8. The molecule has 13 nitrogen and oxygen atoms in total. The molecule has 0 radical (unpaired) electrons. The zero-order chi connectivity index (χ0) is 25.7. The number of primary amides is 1. The van der Waals surface area contributed by atoms with Crippen molar-refractivity contribution in [1.82, 2.24) is 16.0 Å². The van der Waals surface area contributed by atoms with E-state index >= 15 is 0 Å². The predicted octanol–water partition coefficient (Wildman–Crippen LogP) is -2.04. The molecule has 0 aliphatic heterocycles. The Bertz CT molecular complexity index is 733. The van der Waals surface area contributed by atoms with Gasteiger partial charge in [-0.05, 0) is 25.2 Å². The van der Waals surface area contributed by atoms with Crippen LogP contribution in [0.15, 0.2) is 0 Å². The first-order chi connectivity index (χ1) is 15.3. The summed E-state index contributed by atoms with van der Waals surface area (Å²) < 4.78 is 0. The number of carbonyl (C=O) groups is 6. The molecule has 4 amide bonds. The topological polar surface area (TPSA) is 231 Å². The molecule has 0 saturated carbocycles. The van der Waals surface area contributed by atoms with Gasteiger partial charge < -0.3 is 37.6 Å². The van der Waals surface area contributed by atoms with E-state index in [0.29, 0.717) is 6.42 Å². The van der Waals surface area contributed by atoms with E-state index in [4.69, 9.17) is 21.7 Å². The van der Waals surface area contributed by atoms with E-state index in [1.165, 1.54) is 0 Å². The highest BCUT2D eigenvalue weighted by molar-refractivity contribution is 7.80. The van der Waals surface area contributed by atoms with Gasteiger partial charge in [0.2, 0.25) is 23.6 Å². The Hall–Kier alpha value is -2.87. The number of nitrogens with two attached hydrogens (primary N) is 2. The summed E-state index contributed by atoms with van der Waals surface area (Å²) in [7, 11) is 0. The summed E-state index contributed by atoms with van der Waals surface area (Å²) in [6.45, 7) is 3.70. The molecule has 14 heteroatoms. The number of amides is 4. The fraction of sp³-hybridized carbons (Fsp3) is 0.684. The van der Waals surface area contributed by atoms with Gasteiger partial charge >= 0.3 is 11.9 Å². The van der Waals surface area contributed by atoms with Crippen molar-refractivity contribution in [2.75, 3.05) is 5.75 Å². The smallest absolute Gasteiger partial charge is 0.327 e. The lowest BCUT2D eigenvalue weighted by Gasteiger charge is -2.25. The molecule has 0 bridgehead atoms. The molecule has 0 aliphatic carbocycles. The summed E-state index contributed by atoms with van der Waals surface area (Å²) in [6.07, 6.45) is -0.975. The lowest BCUT2D eigenvalue weighted by Crippen LogP contribution is -2.57. The van der Waals surface area contributed by atoms with Crippen LogP contribution in [0.2, 0.25) is 0 Å². The van der Waals surface area contributed by atoms with Crippen molar-refractivity contribution in [3.05, 3.63) is 0 Å². The first-order valence-corrected chi connectivity index (χ1v) is 10.9. The molecule has 0 saturated heterocycles. The van der Waals surface area contributed by atoms with Crippen LogP contribution in [0, 0.1) is 5.92 Å². The Balaban J connectivity index is 5.53. The second-order valence-electron chi connectivity index (χ2n) is 7.88. The van der Waals surface area contributed by atoms with Gasteiger partial charge in [-0.25, -0.2) is 4.79 Å². The van der Waals surface area contributed by atoms with E-state index in [-0.39, 0.29) is 30.9 Å².